The van der Waals surface area contributed by atoms with Crippen LogP contribution in [-0.2, 0) is 6.18 Å². The Bertz CT molecular complexity index is 778. The molecule has 1 aromatic carbocycles. The molecule has 1 aliphatic heterocycles. The first-order valence-electron chi connectivity index (χ1n) is 7.44. The van der Waals surface area contributed by atoms with E-state index in [-0.39, 0.29) is 24.9 Å². The molecule has 0 spiro atoms. The molecule has 25 heavy (non-hydrogen) atoms. The van der Waals surface area contributed by atoms with Crippen LogP contribution in [0.3, 0.4) is 0 Å². The summed E-state index contributed by atoms with van der Waals surface area (Å²) in [5, 5.41) is 5.69. The van der Waals surface area contributed by atoms with Gasteiger partial charge in [-0.2, -0.15) is 13.2 Å². The van der Waals surface area contributed by atoms with Gasteiger partial charge in [0.2, 0.25) is 0 Å². The lowest BCUT2D eigenvalue weighted by atomic mass is 10.1. The summed E-state index contributed by atoms with van der Waals surface area (Å²) in [7, 11) is 0. The number of alkyl halides is 3. The summed E-state index contributed by atoms with van der Waals surface area (Å²) in [6.45, 7) is 0.492. The lowest BCUT2D eigenvalue weighted by molar-refractivity contribution is -0.137. The second-order valence-electron chi connectivity index (χ2n) is 5.55. The van der Waals surface area contributed by atoms with Crippen LogP contribution in [0, 0.1) is 0 Å². The zero-order valence-electron chi connectivity index (χ0n) is 12.8. The minimum atomic E-state index is -4.47. The number of nitrogens with one attached hydrogen (secondary N) is 2. The molecule has 1 aromatic heterocycles. The summed E-state index contributed by atoms with van der Waals surface area (Å²) in [5.41, 5.74) is -0.323. The maximum atomic E-state index is 13.0. The van der Waals surface area contributed by atoms with E-state index in [4.69, 9.17) is 11.6 Å². The largest absolute Gasteiger partial charge is 0.419 e. The summed E-state index contributed by atoms with van der Waals surface area (Å²) in [4.78, 5) is 17.2. The second kappa shape index (κ2) is 6.79. The molecule has 9 heteroatoms. The van der Waals surface area contributed by atoms with Crippen molar-refractivity contribution >= 4 is 29.1 Å². The van der Waals surface area contributed by atoms with Crippen molar-refractivity contribution in [1.29, 1.82) is 0 Å². The minimum absolute atomic E-state index is 0.125. The highest BCUT2D eigenvalue weighted by Crippen LogP contribution is 2.36. The maximum absolute atomic E-state index is 13.0. The van der Waals surface area contributed by atoms with Gasteiger partial charge in [0, 0.05) is 19.3 Å². The summed E-state index contributed by atoms with van der Waals surface area (Å²) in [5.74, 6) is -0.125. The molecule has 2 amide bonds. The maximum Gasteiger partial charge on any atom is 0.419 e. The molecule has 0 saturated carbocycles. The molecule has 132 valence electrons. The topological polar surface area (TPSA) is 57.3 Å². The fourth-order valence-corrected chi connectivity index (χ4v) is 2.70. The Hall–Kier alpha value is -2.48. The average molecular weight is 371 g/mol. The summed E-state index contributed by atoms with van der Waals surface area (Å²) in [6, 6.07) is 8.26. The third-order valence-corrected chi connectivity index (χ3v) is 4.06. The minimum Gasteiger partial charge on any atom is -0.352 e. The van der Waals surface area contributed by atoms with Crippen molar-refractivity contribution in [3.05, 3.63) is 53.2 Å². The van der Waals surface area contributed by atoms with E-state index in [1.165, 1.54) is 17.2 Å². The first-order valence-corrected chi connectivity index (χ1v) is 7.81. The Balaban J connectivity index is 1.57. The first-order chi connectivity index (χ1) is 11.8. The second-order valence-corrected chi connectivity index (χ2v) is 5.96. The number of nitrogens with zero attached hydrogens (tertiary/aromatic N) is 2. The van der Waals surface area contributed by atoms with Crippen LogP contribution < -0.4 is 15.5 Å². The molecule has 0 bridgehead atoms. The highest BCUT2D eigenvalue weighted by molar-refractivity contribution is 6.33. The zero-order chi connectivity index (χ0) is 18.0. The fraction of sp³-hybridized carbons (Fsp3) is 0.250. The summed E-state index contributed by atoms with van der Waals surface area (Å²) < 4.78 is 39.0. The SMILES string of the molecule is O=C(Nc1ccccc1Cl)NC1CN(c2ncccc2C(F)(F)F)C1. The molecule has 3 rings (SSSR count). The van der Waals surface area contributed by atoms with Crippen molar-refractivity contribution in [2.24, 2.45) is 0 Å². The van der Waals surface area contributed by atoms with Gasteiger partial charge in [0.15, 0.2) is 0 Å². The van der Waals surface area contributed by atoms with Crippen molar-refractivity contribution in [2.75, 3.05) is 23.3 Å². The molecule has 0 unspecified atom stereocenters. The molecule has 2 aromatic rings. The van der Waals surface area contributed by atoms with Crippen molar-refractivity contribution in [3.63, 3.8) is 0 Å². The van der Waals surface area contributed by atoms with Gasteiger partial charge < -0.3 is 15.5 Å². The van der Waals surface area contributed by atoms with Crippen LogP contribution in [-0.4, -0.2) is 30.1 Å². The molecular weight excluding hydrogens is 357 g/mol. The van der Waals surface area contributed by atoms with Crippen molar-refractivity contribution < 1.29 is 18.0 Å². The average Bonchev–Trinajstić information content (AvgIpc) is 2.52. The van der Waals surface area contributed by atoms with E-state index in [9.17, 15) is 18.0 Å². The van der Waals surface area contributed by atoms with Crippen LogP contribution in [0.4, 0.5) is 29.5 Å². The van der Waals surface area contributed by atoms with Gasteiger partial charge >= 0.3 is 12.2 Å². The number of aromatic nitrogens is 1. The van der Waals surface area contributed by atoms with Crippen LogP contribution in [0.25, 0.3) is 0 Å². The van der Waals surface area contributed by atoms with E-state index in [2.05, 4.69) is 15.6 Å². The van der Waals surface area contributed by atoms with Crippen molar-refractivity contribution in [1.82, 2.24) is 10.3 Å². The van der Waals surface area contributed by atoms with E-state index < -0.39 is 17.8 Å². The van der Waals surface area contributed by atoms with Crippen LogP contribution in [0.2, 0.25) is 5.02 Å². The van der Waals surface area contributed by atoms with Crippen LogP contribution in [0.1, 0.15) is 5.56 Å². The predicted molar refractivity (Wildman–Crippen MR) is 88.8 cm³/mol. The third kappa shape index (κ3) is 3.96. The lowest BCUT2D eigenvalue weighted by Gasteiger charge is -2.41. The first kappa shape index (κ1) is 17.3. The third-order valence-electron chi connectivity index (χ3n) is 3.73. The molecule has 5 nitrogen and oxygen atoms in total. The highest BCUT2D eigenvalue weighted by Gasteiger charge is 2.39. The number of anilines is 2. The molecule has 2 N–H and O–H groups in total. The highest BCUT2D eigenvalue weighted by atomic mass is 35.5. The van der Waals surface area contributed by atoms with Gasteiger partial charge in [-0.25, -0.2) is 9.78 Å². The molecule has 1 aliphatic rings. The normalized spacial score (nSPS) is 14.8. The Labute approximate surface area is 146 Å². The molecule has 0 atom stereocenters. The van der Waals surface area contributed by atoms with Crippen molar-refractivity contribution in [3.8, 4) is 0 Å². The number of hydrogen-bond donors (Lipinski definition) is 2. The molecule has 0 aliphatic carbocycles. The number of benzene rings is 1. The van der Waals surface area contributed by atoms with Crippen LogP contribution >= 0.6 is 11.6 Å². The number of carbonyl (C=O) groups is 1. The number of carbonyl (C=O) groups excluding carboxylic acids is 1. The standard InChI is InChI=1S/C16H14ClF3N4O/c17-12-5-1-2-6-13(12)23-15(25)22-10-8-24(9-10)14-11(16(18,19)20)4-3-7-21-14/h1-7,10H,8-9H2,(H2,22,23,25). The van der Waals surface area contributed by atoms with Gasteiger partial charge in [-0.05, 0) is 24.3 Å². The Morgan fingerprint density at radius 3 is 2.60 bits per heavy atom. The van der Waals surface area contributed by atoms with E-state index in [0.717, 1.165) is 6.07 Å². The Kier molecular flexibility index (Phi) is 4.71. The van der Waals surface area contributed by atoms with E-state index in [0.29, 0.717) is 10.7 Å². The molecule has 1 saturated heterocycles. The van der Waals surface area contributed by atoms with Crippen LogP contribution in [0.5, 0.6) is 0 Å². The van der Waals surface area contributed by atoms with Gasteiger partial charge in [0.25, 0.3) is 0 Å². The van der Waals surface area contributed by atoms with Gasteiger partial charge in [0.05, 0.1) is 22.3 Å². The molecule has 2 heterocycles. The predicted octanol–water partition coefficient (Wildman–Crippen LogP) is 3.76. The van der Waals surface area contributed by atoms with Gasteiger partial charge in [-0.15, -0.1) is 0 Å². The van der Waals surface area contributed by atoms with E-state index in [1.54, 1.807) is 24.3 Å². The fourth-order valence-electron chi connectivity index (χ4n) is 2.52. The number of halogens is 4. The number of para-hydroxylation sites is 1. The smallest absolute Gasteiger partial charge is 0.352 e. The molecule has 0 radical (unpaired) electrons. The summed E-state index contributed by atoms with van der Waals surface area (Å²) in [6.07, 6.45) is -3.15. The number of amides is 2. The number of hydrogen-bond acceptors (Lipinski definition) is 3. The van der Waals surface area contributed by atoms with E-state index >= 15 is 0 Å². The molecule has 1 fully saturated rings. The molecular formula is C16H14ClF3N4O. The lowest BCUT2D eigenvalue weighted by Crippen LogP contribution is -2.60. The van der Waals surface area contributed by atoms with Crippen LogP contribution in [0.15, 0.2) is 42.6 Å². The van der Waals surface area contributed by atoms with E-state index in [1.807, 2.05) is 0 Å². The van der Waals surface area contributed by atoms with Gasteiger partial charge in [0.1, 0.15) is 5.82 Å². The zero-order valence-corrected chi connectivity index (χ0v) is 13.6. The van der Waals surface area contributed by atoms with Crippen molar-refractivity contribution in [2.45, 2.75) is 12.2 Å². The van der Waals surface area contributed by atoms with Gasteiger partial charge in [-0.3, -0.25) is 0 Å². The number of rotatable bonds is 3. The van der Waals surface area contributed by atoms with Gasteiger partial charge in [-0.1, -0.05) is 23.7 Å². The Morgan fingerprint density at radius 2 is 1.92 bits per heavy atom. The number of urea groups is 1. The quantitative estimate of drug-likeness (QED) is 0.864. The Morgan fingerprint density at radius 1 is 1.20 bits per heavy atom. The number of pyridine rings is 1. The summed E-state index contributed by atoms with van der Waals surface area (Å²) >= 11 is 5.95. The monoisotopic (exact) mass is 370 g/mol.